The molecule has 6 heteroatoms. The van der Waals surface area contributed by atoms with Crippen molar-refractivity contribution in [1.82, 2.24) is 4.98 Å². The molecule has 0 aliphatic carbocycles. The highest BCUT2D eigenvalue weighted by Gasteiger charge is 2.04. The number of anilines is 1. The summed E-state index contributed by atoms with van der Waals surface area (Å²) in [5.41, 5.74) is 5.58. The molecular weight excluding hydrogens is 318 g/mol. The van der Waals surface area contributed by atoms with E-state index in [2.05, 4.69) is 15.5 Å². The average Bonchev–Trinajstić information content (AvgIpc) is 2.61. The van der Waals surface area contributed by atoms with Crippen molar-refractivity contribution < 1.29 is 14.6 Å². The maximum absolute atomic E-state index is 10.6. The molecule has 0 amide bonds. The lowest BCUT2D eigenvalue weighted by molar-refractivity contribution is -0.139. The zero-order chi connectivity index (χ0) is 17.6. The van der Waals surface area contributed by atoms with Gasteiger partial charge in [0.05, 0.1) is 11.7 Å². The van der Waals surface area contributed by atoms with Crippen molar-refractivity contribution in [2.75, 3.05) is 12.0 Å². The summed E-state index contributed by atoms with van der Waals surface area (Å²) in [6, 6.07) is 16.9. The quantitative estimate of drug-likeness (QED) is 0.532. The summed E-state index contributed by atoms with van der Waals surface area (Å²) >= 11 is 0. The van der Waals surface area contributed by atoms with Gasteiger partial charge in [-0.3, -0.25) is 5.43 Å². The number of fused-ring (bicyclic) bond motifs is 1. The van der Waals surface area contributed by atoms with Crippen molar-refractivity contribution in [3.05, 3.63) is 65.7 Å². The fourth-order valence-corrected chi connectivity index (χ4v) is 2.43. The highest BCUT2D eigenvalue weighted by atomic mass is 16.5. The second-order valence-corrected chi connectivity index (χ2v) is 5.43. The smallest absolute Gasteiger partial charge is 0.341 e. The maximum atomic E-state index is 10.6. The zero-order valence-corrected chi connectivity index (χ0v) is 13.6. The molecule has 3 rings (SSSR count). The van der Waals surface area contributed by atoms with Crippen LogP contribution >= 0.6 is 0 Å². The van der Waals surface area contributed by atoms with Crippen molar-refractivity contribution in [1.29, 1.82) is 0 Å². The van der Waals surface area contributed by atoms with Crippen LogP contribution in [-0.4, -0.2) is 28.9 Å². The predicted octanol–water partition coefficient (Wildman–Crippen LogP) is 3.45. The first-order chi connectivity index (χ1) is 12.1. The van der Waals surface area contributed by atoms with Crippen molar-refractivity contribution in [2.24, 2.45) is 5.10 Å². The Morgan fingerprint density at radius 1 is 1.24 bits per heavy atom. The lowest BCUT2D eigenvalue weighted by Gasteiger charge is -2.07. The van der Waals surface area contributed by atoms with E-state index in [0.29, 0.717) is 17.1 Å². The molecule has 25 heavy (non-hydrogen) atoms. The van der Waals surface area contributed by atoms with Crippen LogP contribution in [0.1, 0.15) is 11.1 Å². The maximum Gasteiger partial charge on any atom is 0.341 e. The summed E-state index contributed by atoms with van der Waals surface area (Å²) in [5, 5.41) is 14.0. The topological polar surface area (TPSA) is 83.8 Å². The number of nitrogens with one attached hydrogen (secondary N) is 1. The first kappa shape index (κ1) is 16.4. The van der Waals surface area contributed by atoms with Crippen molar-refractivity contribution in [3.8, 4) is 5.75 Å². The lowest BCUT2D eigenvalue weighted by atomic mass is 10.1. The Kier molecular flexibility index (Phi) is 4.89. The van der Waals surface area contributed by atoms with Gasteiger partial charge < -0.3 is 9.84 Å². The predicted molar refractivity (Wildman–Crippen MR) is 97.3 cm³/mol. The molecule has 1 heterocycles. The van der Waals surface area contributed by atoms with Gasteiger partial charge in [-0.2, -0.15) is 5.10 Å². The van der Waals surface area contributed by atoms with Crippen LogP contribution in [0.15, 0.2) is 59.7 Å². The minimum atomic E-state index is -1.03. The van der Waals surface area contributed by atoms with Crippen LogP contribution < -0.4 is 10.2 Å². The minimum Gasteiger partial charge on any atom is -0.481 e. The third-order valence-electron chi connectivity index (χ3n) is 3.58. The number of hydrogen-bond acceptors (Lipinski definition) is 5. The van der Waals surface area contributed by atoms with Gasteiger partial charge in [0.15, 0.2) is 6.61 Å². The van der Waals surface area contributed by atoms with Gasteiger partial charge in [0, 0.05) is 10.9 Å². The molecule has 0 aliphatic rings. The van der Waals surface area contributed by atoms with Gasteiger partial charge in [0.2, 0.25) is 0 Å². The van der Waals surface area contributed by atoms with Crippen LogP contribution in [0.25, 0.3) is 10.9 Å². The Balaban J connectivity index is 1.76. The van der Waals surface area contributed by atoms with Gasteiger partial charge in [-0.15, -0.1) is 0 Å². The number of carbonyl (C=O) groups is 1. The summed E-state index contributed by atoms with van der Waals surface area (Å²) < 4.78 is 5.24. The number of nitrogens with zero attached hydrogens (tertiary/aromatic N) is 2. The molecule has 0 saturated heterocycles. The first-order valence-electron chi connectivity index (χ1n) is 7.72. The fourth-order valence-electron chi connectivity index (χ4n) is 2.43. The molecule has 0 spiro atoms. The standard InChI is InChI=1S/C19H17N3O3/c1-13-10-18(21-16-8-4-3-7-15(13)16)22-20-11-14-6-2-5-9-17(14)25-12-19(23)24/h2-11H,12H2,1H3,(H,21,22)(H,23,24). The Bertz CT molecular complexity index is 938. The molecule has 1 aromatic heterocycles. The summed E-state index contributed by atoms with van der Waals surface area (Å²) in [5.74, 6) is 0.0650. The number of aryl methyl sites for hydroxylation is 1. The molecule has 0 bridgehead atoms. The van der Waals surface area contributed by atoms with Crippen LogP contribution in [-0.2, 0) is 4.79 Å². The molecule has 0 unspecified atom stereocenters. The summed E-state index contributed by atoms with van der Waals surface area (Å²) in [4.78, 5) is 15.2. The average molecular weight is 335 g/mol. The molecule has 0 saturated carbocycles. The van der Waals surface area contributed by atoms with Gasteiger partial charge in [-0.25, -0.2) is 9.78 Å². The van der Waals surface area contributed by atoms with Crippen molar-refractivity contribution in [3.63, 3.8) is 0 Å². The molecule has 3 aromatic rings. The van der Waals surface area contributed by atoms with Gasteiger partial charge in [0.25, 0.3) is 0 Å². The number of ether oxygens (including phenoxy) is 1. The number of carboxylic acid groups (broad SMARTS) is 1. The van der Waals surface area contributed by atoms with E-state index >= 15 is 0 Å². The monoisotopic (exact) mass is 335 g/mol. The summed E-state index contributed by atoms with van der Waals surface area (Å²) in [6.45, 7) is 1.62. The Hall–Kier alpha value is -3.41. The van der Waals surface area contributed by atoms with Crippen molar-refractivity contribution in [2.45, 2.75) is 6.92 Å². The zero-order valence-electron chi connectivity index (χ0n) is 13.6. The van der Waals surface area contributed by atoms with Crippen LogP contribution in [0, 0.1) is 6.92 Å². The highest BCUT2D eigenvalue weighted by Crippen LogP contribution is 2.20. The fraction of sp³-hybridized carbons (Fsp3) is 0.105. The van der Waals surface area contributed by atoms with E-state index in [0.717, 1.165) is 16.5 Å². The lowest BCUT2D eigenvalue weighted by Crippen LogP contribution is -2.10. The van der Waals surface area contributed by atoms with E-state index in [-0.39, 0.29) is 0 Å². The van der Waals surface area contributed by atoms with E-state index in [1.807, 2.05) is 43.3 Å². The van der Waals surface area contributed by atoms with Gasteiger partial charge in [-0.1, -0.05) is 30.3 Å². The molecule has 0 fully saturated rings. The van der Waals surface area contributed by atoms with Gasteiger partial charge >= 0.3 is 5.97 Å². The molecule has 0 radical (unpaired) electrons. The van der Waals surface area contributed by atoms with Crippen LogP contribution in [0.4, 0.5) is 5.82 Å². The number of benzene rings is 2. The molecule has 0 aliphatic heterocycles. The second kappa shape index (κ2) is 7.44. The highest BCUT2D eigenvalue weighted by molar-refractivity contribution is 5.85. The van der Waals surface area contributed by atoms with E-state index in [1.165, 1.54) is 0 Å². The third kappa shape index (κ3) is 4.11. The van der Waals surface area contributed by atoms with Crippen LogP contribution in [0.2, 0.25) is 0 Å². The molecule has 0 atom stereocenters. The number of pyridine rings is 1. The Labute approximate surface area is 144 Å². The van der Waals surface area contributed by atoms with Crippen LogP contribution in [0.3, 0.4) is 0 Å². The van der Waals surface area contributed by atoms with E-state index in [4.69, 9.17) is 9.84 Å². The normalized spacial score (nSPS) is 10.9. The van der Waals surface area contributed by atoms with E-state index < -0.39 is 12.6 Å². The van der Waals surface area contributed by atoms with Gasteiger partial charge in [0.1, 0.15) is 11.6 Å². The SMILES string of the molecule is Cc1cc(NN=Cc2ccccc2OCC(=O)O)nc2ccccc12. The first-order valence-corrected chi connectivity index (χ1v) is 7.72. The van der Waals surface area contributed by atoms with E-state index in [9.17, 15) is 4.79 Å². The Morgan fingerprint density at radius 3 is 2.84 bits per heavy atom. The number of hydrazone groups is 1. The Morgan fingerprint density at radius 2 is 2.00 bits per heavy atom. The number of aliphatic carboxylic acids is 1. The number of carboxylic acids is 1. The number of rotatable bonds is 6. The third-order valence-corrected chi connectivity index (χ3v) is 3.58. The van der Waals surface area contributed by atoms with Crippen LogP contribution in [0.5, 0.6) is 5.75 Å². The number of hydrogen-bond donors (Lipinski definition) is 2. The second-order valence-electron chi connectivity index (χ2n) is 5.43. The summed E-state index contributed by atoms with van der Waals surface area (Å²) in [7, 11) is 0. The molecular formula is C19H17N3O3. The largest absolute Gasteiger partial charge is 0.481 e. The van der Waals surface area contributed by atoms with E-state index in [1.54, 1.807) is 24.4 Å². The number of aromatic nitrogens is 1. The minimum absolute atomic E-state index is 0.399. The molecule has 6 nitrogen and oxygen atoms in total. The van der Waals surface area contributed by atoms with Gasteiger partial charge in [-0.05, 0) is 36.8 Å². The summed E-state index contributed by atoms with van der Waals surface area (Å²) in [6.07, 6.45) is 1.57. The molecule has 126 valence electrons. The number of para-hydroxylation sites is 2. The van der Waals surface area contributed by atoms with Crippen molar-refractivity contribution >= 4 is 28.9 Å². The molecule has 2 N–H and O–H groups in total. The molecule has 2 aromatic carbocycles.